The molecule has 7 nitrogen and oxygen atoms in total. The summed E-state index contributed by atoms with van der Waals surface area (Å²) >= 11 is 0.640. The molecule has 0 unspecified atom stereocenters. The second kappa shape index (κ2) is 8.15. The number of anilines is 1. The number of rotatable bonds is 4. The molecule has 2 rings (SSSR count). The Balaban J connectivity index is 2.44. The van der Waals surface area contributed by atoms with Crippen molar-refractivity contribution < 1.29 is 27.4 Å². The van der Waals surface area contributed by atoms with Gasteiger partial charge in [-0.25, -0.2) is 15.0 Å². The zero-order valence-corrected chi connectivity index (χ0v) is 17.5. The van der Waals surface area contributed by atoms with E-state index in [9.17, 15) is 18.0 Å². The third-order valence-corrected chi connectivity index (χ3v) is 4.82. The molecule has 28 heavy (non-hydrogen) atoms. The van der Waals surface area contributed by atoms with Crippen molar-refractivity contribution in [3.8, 4) is 23.2 Å². The van der Waals surface area contributed by atoms with Gasteiger partial charge in [0.2, 0.25) is 11.8 Å². The molecule has 12 heteroatoms. The Hall–Kier alpha value is -2.65. The average molecular weight is 430 g/mol. The smallest absolute Gasteiger partial charge is 0.435 e. The van der Waals surface area contributed by atoms with Gasteiger partial charge < -0.3 is 9.47 Å². The number of halogens is 3. The first kappa shape index (κ1) is 21.6. The minimum absolute atomic E-state index is 0.0873. The fraction of sp³-hybridized carbons (Fsp3) is 0.375. The Morgan fingerprint density at radius 2 is 1.75 bits per heavy atom. The Bertz CT molecular complexity index is 923. The van der Waals surface area contributed by atoms with Gasteiger partial charge in [-0.05, 0) is 0 Å². The molecular formula is C16H17F3N4O3SSi. The first-order valence-electron chi connectivity index (χ1n) is 7.81. The van der Waals surface area contributed by atoms with Gasteiger partial charge in [-0.2, -0.15) is 13.2 Å². The minimum Gasteiger partial charge on any atom is -0.480 e. The van der Waals surface area contributed by atoms with Crippen LogP contribution in [0.3, 0.4) is 0 Å². The van der Waals surface area contributed by atoms with Crippen molar-refractivity contribution in [1.82, 2.24) is 15.0 Å². The van der Waals surface area contributed by atoms with Crippen LogP contribution in [0.2, 0.25) is 19.6 Å². The quantitative estimate of drug-likeness (QED) is 0.591. The SMILES string of the molecule is COc1ncnc(OC)c1C(=O)Nc1nc(C(F)(F)F)c(C#C[Si](C)(C)C)s1. The summed E-state index contributed by atoms with van der Waals surface area (Å²) in [5, 5.41) is 2.05. The Morgan fingerprint density at radius 1 is 1.18 bits per heavy atom. The maximum atomic E-state index is 13.3. The lowest BCUT2D eigenvalue weighted by Crippen LogP contribution is -2.16. The number of nitrogens with one attached hydrogen (secondary N) is 1. The van der Waals surface area contributed by atoms with Crippen molar-refractivity contribution in [2.45, 2.75) is 25.8 Å². The fourth-order valence-corrected chi connectivity index (χ4v) is 3.34. The van der Waals surface area contributed by atoms with Gasteiger partial charge >= 0.3 is 6.18 Å². The summed E-state index contributed by atoms with van der Waals surface area (Å²) in [6.45, 7) is 5.72. The summed E-state index contributed by atoms with van der Waals surface area (Å²) in [7, 11) is 0.662. The monoisotopic (exact) mass is 430 g/mol. The molecule has 0 aliphatic carbocycles. The van der Waals surface area contributed by atoms with Crippen molar-refractivity contribution in [3.05, 3.63) is 22.5 Å². The van der Waals surface area contributed by atoms with Gasteiger partial charge in [0, 0.05) is 0 Å². The molecule has 0 saturated heterocycles. The van der Waals surface area contributed by atoms with E-state index >= 15 is 0 Å². The predicted molar refractivity (Wildman–Crippen MR) is 100 cm³/mol. The van der Waals surface area contributed by atoms with Crippen molar-refractivity contribution in [1.29, 1.82) is 0 Å². The molecule has 0 aromatic carbocycles. The number of amides is 1. The van der Waals surface area contributed by atoms with Gasteiger partial charge in [0.1, 0.15) is 19.3 Å². The molecular weight excluding hydrogens is 413 g/mol. The lowest BCUT2D eigenvalue weighted by atomic mass is 10.3. The van der Waals surface area contributed by atoms with Crippen molar-refractivity contribution >= 4 is 30.4 Å². The van der Waals surface area contributed by atoms with E-state index in [0.717, 1.165) is 6.33 Å². The second-order valence-electron chi connectivity index (χ2n) is 6.42. The van der Waals surface area contributed by atoms with E-state index in [0.29, 0.717) is 11.3 Å². The molecule has 0 bridgehead atoms. The maximum absolute atomic E-state index is 13.3. The van der Waals surface area contributed by atoms with Crippen molar-refractivity contribution in [2.75, 3.05) is 19.5 Å². The van der Waals surface area contributed by atoms with E-state index in [4.69, 9.17) is 9.47 Å². The zero-order chi connectivity index (χ0) is 21.1. The predicted octanol–water partition coefficient (Wildman–Crippen LogP) is 3.45. The highest BCUT2D eigenvalue weighted by molar-refractivity contribution is 7.16. The Kier molecular flexibility index (Phi) is 6.30. The number of carbonyl (C=O) groups is 1. The molecule has 0 fully saturated rings. The highest BCUT2D eigenvalue weighted by atomic mass is 32.1. The van der Waals surface area contributed by atoms with Crippen LogP contribution in [0.25, 0.3) is 0 Å². The number of thiazole rings is 1. The first-order chi connectivity index (χ1) is 13.0. The lowest BCUT2D eigenvalue weighted by Gasteiger charge is -2.09. The van der Waals surface area contributed by atoms with E-state index in [1.807, 2.05) is 19.6 Å². The molecule has 0 saturated carbocycles. The summed E-state index contributed by atoms with van der Waals surface area (Å²) in [6.07, 6.45) is -3.57. The first-order valence-corrected chi connectivity index (χ1v) is 12.1. The van der Waals surface area contributed by atoms with Crippen LogP contribution in [0.5, 0.6) is 11.8 Å². The Labute approximate surface area is 164 Å². The minimum atomic E-state index is -4.70. The van der Waals surface area contributed by atoms with E-state index in [1.54, 1.807) is 0 Å². The van der Waals surface area contributed by atoms with Gasteiger partial charge in [-0.1, -0.05) is 36.9 Å². The third kappa shape index (κ3) is 5.20. The van der Waals surface area contributed by atoms with E-state index in [2.05, 4.69) is 31.7 Å². The van der Waals surface area contributed by atoms with Crippen LogP contribution in [-0.2, 0) is 6.18 Å². The van der Waals surface area contributed by atoms with E-state index in [1.165, 1.54) is 14.2 Å². The summed E-state index contributed by atoms with van der Waals surface area (Å²) in [5.74, 6) is 1.57. The summed E-state index contributed by atoms with van der Waals surface area (Å²) < 4.78 is 49.9. The van der Waals surface area contributed by atoms with Crippen LogP contribution in [-0.4, -0.2) is 43.2 Å². The highest BCUT2D eigenvalue weighted by Crippen LogP contribution is 2.36. The number of alkyl halides is 3. The van der Waals surface area contributed by atoms with Gasteiger partial charge in [0.05, 0.1) is 14.2 Å². The standard InChI is InChI=1S/C16H17F3N4O3SSi/c1-25-13-10(14(26-2)21-8-20-13)12(24)23-15-22-11(16(17,18)19)9(27-15)6-7-28(3,4)5/h8H,1-5H3,(H,22,23,24). The molecule has 2 aromatic rings. The van der Waals surface area contributed by atoms with E-state index < -0.39 is 25.9 Å². The zero-order valence-electron chi connectivity index (χ0n) is 15.7. The Morgan fingerprint density at radius 3 is 2.21 bits per heavy atom. The van der Waals surface area contributed by atoms with Crippen molar-refractivity contribution in [3.63, 3.8) is 0 Å². The molecule has 1 N–H and O–H groups in total. The summed E-state index contributed by atoms with van der Waals surface area (Å²) in [4.78, 5) is 23.4. The van der Waals surface area contributed by atoms with Crippen LogP contribution >= 0.6 is 11.3 Å². The molecule has 0 atom stereocenters. The topological polar surface area (TPSA) is 86.2 Å². The van der Waals surface area contributed by atoms with Gasteiger partial charge in [-0.15, -0.1) is 5.54 Å². The summed E-state index contributed by atoms with van der Waals surface area (Å²) in [5.41, 5.74) is 1.57. The van der Waals surface area contributed by atoms with Crippen LogP contribution in [0.1, 0.15) is 20.9 Å². The average Bonchev–Trinajstić information content (AvgIpc) is 3.01. The molecule has 0 spiro atoms. The number of aromatic nitrogens is 3. The molecule has 150 valence electrons. The van der Waals surface area contributed by atoms with Gasteiger partial charge in [0.25, 0.3) is 5.91 Å². The fourth-order valence-electron chi connectivity index (χ4n) is 1.91. The molecule has 2 heterocycles. The van der Waals surface area contributed by atoms with Crippen molar-refractivity contribution in [2.24, 2.45) is 0 Å². The maximum Gasteiger partial charge on any atom is 0.435 e. The third-order valence-electron chi connectivity index (χ3n) is 3.06. The lowest BCUT2D eigenvalue weighted by molar-refractivity contribution is -0.140. The van der Waals surface area contributed by atoms with Crippen LogP contribution in [0.4, 0.5) is 18.3 Å². The molecule has 0 aliphatic heterocycles. The van der Waals surface area contributed by atoms with Crippen LogP contribution in [0, 0.1) is 11.5 Å². The van der Waals surface area contributed by atoms with Crippen LogP contribution in [0.15, 0.2) is 6.33 Å². The normalized spacial score (nSPS) is 11.4. The van der Waals surface area contributed by atoms with Gasteiger partial charge in [0.15, 0.2) is 16.4 Å². The number of hydrogen-bond donors (Lipinski definition) is 1. The molecule has 0 radical (unpaired) electrons. The number of nitrogens with zero attached hydrogens (tertiary/aromatic N) is 3. The molecule has 2 aromatic heterocycles. The summed E-state index contributed by atoms with van der Waals surface area (Å²) in [6, 6.07) is 0. The highest BCUT2D eigenvalue weighted by Gasteiger charge is 2.38. The van der Waals surface area contributed by atoms with E-state index in [-0.39, 0.29) is 27.3 Å². The number of hydrogen-bond acceptors (Lipinski definition) is 7. The number of ether oxygens (including phenoxy) is 2. The molecule has 0 aliphatic rings. The second-order valence-corrected chi connectivity index (χ2v) is 12.2. The van der Waals surface area contributed by atoms with Gasteiger partial charge in [-0.3, -0.25) is 10.1 Å². The largest absolute Gasteiger partial charge is 0.480 e. The van der Waals surface area contributed by atoms with Crippen LogP contribution < -0.4 is 14.8 Å². The number of carbonyl (C=O) groups excluding carboxylic acids is 1. The number of methoxy groups -OCH3 is 2. The molecule has 1 amide bonds.